The van der Waals surface area contributed by atoms with Crippen LogP contribution in [0.2, 0.25) is 0 Å². The van der Waals surface area contributed by atoms with E-state index in [1.807, 2.05) is 6.08 Å². The summed E-state index contributed by atoms with van der Waals surface area (Å²) in [6.07, 6.45) is 58.6. The first kappa shape index (κ1) is 57.1. The molecular formula is C53H99NO5. The summed E-state index contributed by atoms with van der Waals surface area (Å²) in [6, 6.07) is -0.635. The third kappa shape index (κ3) is 45.4. The summed E-state index contributed by atoms with van der Waals surface area (Å²) in [4.78, 5) is 24.4. The zero-order valence-corrected chi connectivity index (χ0v) is 39.2. The molecule has 0 heterocycles. The molecule has 0 aromatic rings. The molecule has 6 nitrogen and oxygen atoms in total. The third-order valence-corrected chi connectivity index (χ3v) is 11.6. The fourth-order valence-corrected chi connectivity index (χ4v) is 7.62. The maximum atomic E-state index is 12.4. The Morgan fingerprint density at radius 3 is 1.20 bits per heavy atom. The molecule has 2 atom stereocenters. The third-order valence-electron chi connectivity index (χ3n) is 11.6. The molecule has 0 spiro atoms. The Bertz CT molecular complexity index is 962. The summed E-state index contributed by atoms with van der Waals surface area (Å²) in [5.74, 6) is -0.0947. The van der Waals surface area contributed by atoms with E-state index in [-0.39, 0.29) is 18.5 Å². The summed E-state index contributed by atoms with van der Waals surface area (Å²) in [5.41, 5.74) is 0. The summed E-state index contributed by atoms with van der Waals surface area (Å²) in [5, 5.41) is 22.9. The predicted molar refractivity (Wildman–Crippen MR) is 255 cm³/mol. The Hall–Kier alpha value is -1.92. The number of allylic oxidation sites excluding steroid dienone is 5. The molecule has 59 heavy (non-hydrogen) atoms. The van der Waals surface area contributed by atoms with Gasteiger partial charge in [0.2, 0.25) is 5.91 Å². The molecule has 0 aromatic heterocycles. The van der Waals surface area contributed by atoms with Gasteiger partial charge in [0.05, 0.1) is 25.4 Å². The first-order valence-electron chi connectivity index (χ1n) is 25.8. The van der Waals surface area contributed by atoms with Gasteiger partial charge >= 0.3 is 5.97 Å². The molecule has 0 saturated carbocycles. The molecule has 0 radical (unpaired) electrons. The van der Waals surface area contributed by atoms with Crippen molar-refractivity contribution < 1.29 is 24.5 Å². The maximum Gasteiger partial charge on any atom is 0.305 e. The van der Waals surface area contributed by atoms with Crippen molar-refractivity contribution in [2.45, 2.75) is 276 Å². The molecule has 0 bridgehead atoms. The average Bonchev–Trinajstić information content (AvgIpc) is 3.24. The molecule has 0 aliphatic rings. The summed E-state index contributed by atoms with van der Waals surface area (Å²) < 4.78 is 5.46. The van der Waals surface area contributed by atoms with Crippen LogP contribution in [0.4, 0.5) is 0 Å². The van der Waals surface area contributed by atoms with Crippen molar-refractivity contribution in [3.05, 3.63) is 36.5 Å². The molecule has 346 valence electrons. The van der Waals surface area contributed by atoms with Gasteiger partial charge in [-0.25, -0.2) is 0 Å². The summed E-state index contributed by atoms with van der Waals surface area (Å²) in [6.45, 7) is 4.84. The molecule has 1 amide bonds. The minimum atomic E-state index is -0.850. The van der Waals surface area contributed by atoms with Crippen molar-refractivity contribution in [1.29, 1.82) is 0 Å². The van der Waals surface area contributed by atoms with E-state index in [2.05, 4.69) is 43.5 Å². The largest absolute Gasteiger partial charge is 0.466 e. The van der Waals surface area contributed by atoms with Crippen LogP contribution in [0, 0.1) is 0 Å². The van der Waals surface area contributed by atoms with Gasteiger partial charge in [-0.2, -0.15) is 0 Å². The highest BCUT2D eigenvalue weighted by Gasteiger charge is 2.18. The molecule has 3 N–H and O–H groups in total. The Labute approximate surface area is 366 Å². The van der Waals surface area contributed by atoms with Crippen LogP contribution >= 0.6 is 0 Å². The fourth-order valence-electron chi connectivity index (χ4n) is 7.62. The highest BCUT2D eigenvalue weighted by atomic mass is 16.5. The zero-order valence-electron chi connectivity index (χ0n) is 39.2. The highest BCUT2D eigenvalue weighted by molar-refractivity contribution is 5.76. The highest BCUT2D eigenvalue weighted by Crippen LogP contribution is 2.14. The standard InChI is InChI=1S/C53H99NO5/c1-3-5-7-9-11-13-15-16-20-24-27-31-35-39-43-47-53(58)59-48-44-40-36-32-28-25-22-19-17-18-21-23-26-30-34-38-42-46-52(57)54-50(49-55)51(56)45-41-37-33-29-14-12-10-8-6-4-2/h16-17,19-20,41,45,50-51,55-56H,3-15,18,21-40,42-44,46-49H2,1-2H3,(H,54,57)/b19-17-,20-16-,45-41+. The van der Waals surface area contributed by atoms with Gasteiger partial charge in [-0.05, 0) is 83.5 Å². The fraction of sp³-hybridized carbons (Fsp3) is 0.849. The zero-order chi connectivity index (χ0) is 43.0. The number of hydrogen-bond donors (Lipinski definition) is 3. The molecule has 2 unspecified atom stereocenters. The Morgan fingerprint density at radius 1 is 0.458 bits per heavy atom. The molecule has 0 aliphatic carbocycles. The maximum absolute atomic E-state index is 12.4. The lowest BCUT2D eigenvalue weighted by Crippen LogP contribution is -2.45. The van der Waals surface area contributed by atoms with Crippen LogP contribution in [0.25, 0.3) is 0 Å². The molecule has 0 saturated heterocycles. The Balaban J connectivity index is 3.47. The van der Waals surface area contributed by atoms with Gasteiger partial charge < -0.3 is 20.3 Å². The van der Waals surface area contributed by atoms with Crippen molar-refractivity contribution in [2.24, 2.45) is 0 Å². The lowest BCUT2D eigenvalue weighted by atomic mass is 10.1. The number of esters is 1. The van der Waals surface area contributed by atoms with Crippen molar-refractivity contribution in [2.75, 3.05) is 13.2 Å². The van der Waals surface area contributed by atoms with E-state index in [9.17, 15) is 19.8 Å². The lowest BCUT2D eigenvalue weighted by Gasteiger charge is -2.20. The topological polar surface area (TPSA) is 95.9 Å². The van der Waals surface area contributed by atoms with E-state index in [0.717, 1.165) is 57.8 Å². The second kappa shape index (κ2) is 48.7. The number of carbonyl (C=O) groups excluding carboxylic acids is 2. The van der Waals surface area contributed by atoms with Crippen LogP contribution in [-0.2, 0) is 14.3 Å². The molecule has 6 heteroatoms. The van der Waals surface area contributed by atoms with Gasteiger partial charge in [-0.3, -0.25) is 9.59 Å². The van der Waals surface area contributed by atoms with E-state index in [1.54, 1.807) is 6.08 Å². The molecule has 0 aromatic carbocycles. The molecule has 0 fully saturated rings. The van der Waals surface area contributed by atoms with Gasteiger partial charge in [0.15, 0.2) is 0 Å². The van der Waals surface area contributed by atoms with E-state index in [1.165, 1.54) is 180 Å². The van der Waals surface area contributed by atoms with Crippen LogP contribution in [0.1, 0.15) is 264 Å². The number of unbranched alkanes of at least 4 members (excludes halogenated alkanes) is 32. The summed E-state index contributed by atoms with van der Waals surface area (Å²) in [7, 11) is 0. The monoisotopic (exact) mass is 830 g/mol. The van der Waals surface area contributed by atoms with E-state index < -0.39 is 12.1 Å². The number of amides is 1. The molecule has 0 aliphatic heterocycles. The van der Waals surface area contributed by atoms with Crippen LogP contribution in [0.3, 0.4) is 0 Å². The van der Waals surface area contributed by atoms with Crippen molar-refractivity contribution in [3.63, 3.8) is 0 Å². The molecule has 0 rings (SSSR count). The summed E-state index contributed by atoms with van der Waals surface area (Å²) >= 11 is 0. The van der Waals surface area contributed by atoms with E-state index in [4.69, 9.17) is 4.74 Å². The number of aliphatic hydroxyl groups is 2. The molecular weight excluding hydrogens is 731 g/mol. The SMILES string of the molecule is CCCCCCCC/C=C\CCCCCCCC(=O)OCCCCCCCC/C=C\CCCCCCCCCC(=O)NC(CO)C(O)/C=C/CCCCCCCCCC. The van der Waals surface area contributed by atoms with Crippen LogP contribution < -0.4 is 5.32 Å². The first-order chi connectivity index (χ1) is 29.0. The Morgan fingerprint density at radius 2 is 0.797 bits per heavy atom. The predicted octanol–water partition coefficient (Wildman–Crippen LogP) is 15.3. The second-order valence-electron chi connectivity index (χ2n) is 17.5. The van der Waals surface area contributed by atoms with Crippen molar-refractivity contribution in [3.8, 4) is 0 Å². The van der Waals surface area contributed by atoms with Crippen molar-refractivity contribution in [1.82, 2.24) is 5.32 Å². The van der Waals surface area contributed by atoms with E-state index in [0.29, 0.717) is 19.4 Å². The van der Waals surface area contributed by atoms with Crippen LogP contribution in [-0.4, -0.2) is 47.4 Å². The van der Waals surface area contributed by atoms with Gasteiger partial charge in [0.1, 0.15) is 0 Å². The van der Waals surface area contributed by atoms with Gasteiger partial charge in [-0.15, -0.1) is 0 Å². The van der Waals surface area contributed by atoms with Gasteiger partial charge in [0, 0.05) is 12.8 Å². The number of hydrogen-bond acceptors (Lipinski definition) is 5. The van der Waals surface area contributed by atoms with Gasteiger partial charge in [0.25, 0.3) is 0 Å². The number of aliphatic hydroxyl groups excluding tert-OH is 2. The lowest BCUT2D eigenvalue weighted by molar-refractivity contribution is -0.143. The van der Waals surface area contributed by atoms with Gasteiger partial charge in [-0.1, -0.05) is 204 Å². The second-order valence-corrected chi connectivity index (χ2v) is 17.5. The van der Waals surface area contributed by atoms with Crippen molar-refractivity contribution >= 4 is 11.9 Å². The van der Waals surface area contributed by atoms with Crippen LogP contribution in [0.5, 0.6) is 0 Å². The number of rotatable bonds is 47. The van der Waals surface area contributed by atoms with E-state index >= 15 is 0 Å². The van der Waals surface area contributed by atoms with Crippen LogP contribution in [0.15, 0.2) is 36.5 Å². The minimum Gasteiger partial charge on any atom is -0.466 e. The normalized spacial score (nSPS) is 12.9. The minimum absolute atomic E-state index is 0.0116. The average molecular weight is 830 g/mol. The number of carbonyl (C=O) groups is 2. The quantitative estimate of drug-likeness (QED) is 0.0323. The smallest absolute Gasteiger partial charge is 0.305 e. The first-order valence-corrected chi connectivity index (χ1v) is 25.8. The number of nitrogens with one attached hydrogen (secondary N) is 1. The Kier molecular flexibility index (Phi) is 47.2. The number of ether oxygens (including phenoxy) is 1.